The van der Waals surface area contributed by atoms with Crippen molar-refractivity contribution in [1.82, 2.24) is 4.90 Å². The van der Waals surface area contributed by atoms with Gasteiger partial charge >= 0.3 is 0 Å². The molecule has 2 N–H and O–H groups in total. The molecule has 90 valence electrons. The van der Waals surface area contributed by atoms with Gasteiger partial charge in [0, 0.05) is 18.0 Å². The van der Waals surface area contributed by atoms with Crippen LogP contribution in [-0.4, -0.2) is 25.0 Å². The predicted octanol–water partition coefficient (Wildman–Crippen LogP) is 2.37. The lowest BCUT2D eigenvalue weighted by Gasteiger charge is -2.37. The standard InChI is InChI=1S/C14H24N2/c1-11(16(4)5)14(2,3)13-8-6-7-12(9-13)10-15/h6-9,11H,10,15H2,1-5H3. The lowest BCUT2D eigenvalue weighted by atomic mass is 9.77. The number of nitrogens with zero attached hydrogens (tertiary/aromatic N) is 1. The Morgan fingerprint density at radius 1 is 1.31 bits per heavy atom. The average molecular weight is 220 g/mol. The average Bonchev–Trinajstić information content (AvgIpc) is 2.27. The lowest BCUT2D eigenvalue weighted by Crippen LogP contribution is -2.41. The summed E-state index contributed by atoms with van der Waals surface area (Å²) in [6.07, 6.45) is 0. The minimum atomic E-state index is 0.134. The van der Waals surface area contributed by atoms with Gasteiger partial charge < -0.3 is 10.6 Å². The number of nitrogens with two attached hydrogens (primary N) is 1. The van der Waals surface area contributed by atoms with E-state index in [0.717, 1.165) is 0 Å². The third-order valence-corrected chi connectivity index (χ3v) is 3.73. The van der Waals surface area contributed by atoms with E-state index < -0.39 is 0 Å². The number of rotatable bonds is 4. The Morgan fingerprint density at radius 3 is 2.44 bits per heavy atom. The zero-order valence-electron chi connectivity index (χ0n) is 11.1. The maximum absolute atomic E-state index is 5.69. The fourth-order valence-electron chi connectivity index (χ4n) is 1.99. The molecule has 1 aromatic carbocycles. The van der Waals surface area contributed by atoms with E-state index in [9.17, 15) is 0 Å². The van der Waals surface area contributed by atoms with Crippen LogP contribution in [0.4, 0.5) is 0 Å². The molecule has 0 aliphatic rings. The molecule has 0 heterocycles. The maximum Gasteiger partial charge on any atom is 0.0178 e. The highest BCUT2D eigenvalue weighted by Crippen LogP contribution is 2.29. The molecule has 2 heteroatoms. The molecule has 16 heavy (non-hydrogen) atoms. The molecule has 0 spiro atoms. The summed E-state index contributed by atoms with van der Waals surface area (Å²) >= 11 is 0. The highest BCUT2D eigenvalue weighted by atomic mass is 15.1. The minimum absolute atomic E-state index is 0.134. The molecule has 0 saturated carbocycles. The molecule has 0 aromatic heterocycles. The zero-order chi connectivity index (χ0) is 12.3. The van der Waals surface area contributed by atoms with Gasteiger partial charge in [-0.3, -0.25) is 0 Å². The van der Waals surface area contributed by atoms with Crippen molar-refractivity contribution in [1.29, 1.82) is 0 Å². The predicted molar refractivity (Wildman–Crippen MR) is 70.5 cm³/mol. The van der Waals surface area contributed by atoms with E-state index in [0.29, 0.717) is 12.6 Å². The summed E-state index contributed by atoms with van der Waals surface area (Å²) in [5.41, 5.74) is 8.38. The van der Waals surface area contributed by atoms with Gasteiger partial charge in [0.25, 0.3) is 0 Å². The molecular weight excluding hydrogens is 196 g/mol. The summed E-state index contributed by atoms with van der Waals surface area (Å²) < 4.78 is 0. The van der Waals surface area contributed by atoms with Crippen LogP contribution in [0.2, 0.25) is 0 Å². The van der Waals surface area contributed by atoms with Crippen LogP contribution in [0.25, 0.3) is 0 Å². The van der Waals surface area contributed by atoms with E-state index in [-0.39, 0.29) is 5.41 Å². The van der Waals surface area contributed by atoms with Crippen molar-refractivity contribution >= 4 is 0 Å². The smallest absolute Gasteiger partial charge is 0.0178 e. The summed E-state index contributed by atoms with van der Waals surface area (Å²) in [7, 11) is 4.25. The highest BCUT2D eigenvalue weighted by molar-refractivity contribution is 5.30. The van der Waals surface area contributed by atoms with Gasteiger partial charge in [-0.1, -0.05) is 38.1 Å². The third-order valence-electron chi connectivity index (χ3n) is 3.73. The van der Waals surface area contributed by atoms with Gasteiger partial charge in [-0.05, 0) is 32.1 Å². The first-order valence-corrected chi connectivity index (χ1v) is 5.85. The Hall–Kier alpha value is -0.860. The maximum atomic E-state index is 5.69. The van der Waals surface area contributed by atoms with Gasteiger partial charge in [0.1, 0.15) is 0 Å². The molecular formula is C14H24N2. The van der Waals surface area contributed by atoms with Crippen LogP contribution >= 0.6 is 0 Å². The van der Waals surface area contributed by atoms with Crippen LogP contribution in [-0.2, 0) is 12.0 Å². The van der Waals surface area contributed by atoms with E-state index in [4.69, 9.17) is 5.73 Å². The van der Waals surface area contributed by atoms with E-state index in [1.54, 1.807) is 0 Å². The van der Waals surface area contributed by atoms with Crippen molar-refractivity contribution in [2.75, 3.05) is 14.1 Å². The summed E-state index contributed by atoms with van der Waals surface area (Å²) in [6.45, 7) is 7.44. The Bertz CT molecular complexity index is 342. The summed E-state index contributed by atoms with van der Waals surface area (Å²) in [5.74, 6) is 0. The van der Waals surface area contributed by atoms with Gasteiger partial charge in [-0.15, -0.1) is 0 Å². The molecule has 0 radical (unpaired) electrons. The number of likely N-dealkylation sites (N-methyl/N-ethyl adjacent to an activating group) is 1. The Morgan fingerprint density at radius 2 is 1.94 bits per heavy atom. The molecule has 1 aromatic rings. The topological polar surface area (TPSA) is 29.3 Å². The van der Waals surface area contributed by atoms with Gasteiger partial charge in [-0.2, -0.15) is 0 Å². The van der Waals surface area contributed by atoms with E-state index in [1.807, 2.05) is 0 Å². The minimum Gasteiger partial charge on any atom is -0.326 e. The molecule has 0 fully saturated rings. The zero-order valence-corrected chi connectivity index (χ0v) is 11.1. The van der Waals surface area contributed by atoms with Crippen LogP contribution < -0.4 is 5.73 Å². The second kappa shape index (κ2) is 4.98. The van der Waals surface area contributed by atoms with Gasteiger partial charge in [0.15, 0.2) is 0 Å². The normalized spacial score (nSPS) is 14.2. The molecule has 0 amide bonds. The summed E-state index contributed by atoms with van der Waals surface area (Å²) in [5, 5.41) is 0. The van der Waals surface area contributed by atoms with Crippen molar-refractivity contribution in [3.05, 3.63) is 35.4 Å². The van der Waals surface area contributed by atoms with Crippen molar-refractivity contribution in [3.8, 4) is 0 Å². The fourth-order valence-corrected chi connectivity index (χ4v) is 1.99. The fraction of sp³-hybridized carbons (Fsp3) is 0.571. The molecule has 0 saturated heterocycles. The first kappa shape index (κ1) is 13.2. The van der Waals surface area contributed by atoms with Crippen LogP contribution in [0.15, 0.2) is 24.3 Å². The van der Waals surface area contributed by atoms with Crippen LogP contribution in [0.3, 0.4) is 0 Å². The number of hydrogen-bond acceptors (Lipinski definition) is 2. The van der Waals surface area contributed by atoms with Crippen molar-refractivity contribution in [3.63, 3.8) is 0 Å². The van der Waals surface area contributed by atoms with Gasteiger partial charge in [0.05, 0.1) is 0 Å². The molecule has 2 nitrogen and oxygen atoms in total. The van der Waals surface area contributed by atoms with Gasteiger partial charge in [0.2, 0.25) is 0 Å². The van der Waals surface area contributed by atoms with Crippen molar-refractivity contribution < 1.29 is 0 Å². The second-order valence-corrected chi connectivity index (χ2v) is 5.27. The van der Waals surface area contributed by atoms with E-state index in [2.05, 4.69) is 64.0 Å². The molecule has 0 aliphatic heterocycles. The van der Waals surface area contributed by atoms with Crippen molar-refractivity contribution in [2.24, 2.45) is 5.73 Å². The lowest BCUT2D eigenvalue weighted by molar-refractivity contribution is 0.216. The third kappa shape index (κ3) is 2.63. The Labute approximate surface area is 99.5 Å². The SMILES string of the molecule is CC(N(C)C)C(C)(C)c1cccc(CN)c1. The van der Waals surface area contributed by atoms with Crippen LogP contribution in [0.5, 0.6) is 0 Å². The van der Waals surface area contributed by atoms with Gasteiger partial charge in [-0.25, -0.2) is 0 Å². The molecule has 0 bridgehead atoms. The second-order valence-electron chi connectivity index (χ2n) is 5.27. The Balaban J connectivity index is 3.05. The summed E-state index contributed by atoms with van der Waals surface area (Å²) in [4.78, 5) is 2.26. The highest BCUT2D eigenvalue weighted by Gasteiger charge is 2.29. The largest absolute Gasteiger partial charge is 0.326 e. The van der Waals surface area contributed by atoms with Crippen LogP contribution in [0.1, 0.15) is 31.9 Å². The molecule has 1 unspecified atom stereocenters. The molecule has 0 aliphatic carbocycles. The quantitative estimate of drug-likeness (QED) is 0.844. The number of hydrogen-bond donors (Lipinski definition) is 1. The molecule has 1 rings (SSSR count). The Kier molecular flexibility index (Phi) is 4.11. The van der Waals surface area contributed by atoms with E-state index >= 15 is 0 Å². The first-order valence-electron chi connectivity index (χ1n) is 5.85. The van der Waals surface area contributed by atoms with E-state index in [1.165, 1.54) is 11.1 Å². The summed E-state index contributed by atoms with van der Waals surface area (Å²) in [6, 6.07) is 9.08. The molecule has 1 atom stereocenters. The first-order chi connectivity index (χ1) is 7.39. The van der Waals surface area contributed by atoms with Crippen molar-refractivity contribution in [2.45, 2.75) is 38.8 Å². The monoisotopic (exact) mass is 220 g/mol. The van der Waals surface area contributed by atoms with Crippen LogP contribution in [0, 0.1) is 0 Å². The number of benzene rings is 1.